The molecule has 0 aliphatic carbocycles. The second kappa shape index (κ2) is 5.82. The van der Waals surface area contributed by atoms with Crippen LogP contribution in [0.25, 0.3) is 0 Å². The van der Waals surface area contributed by atoms with Gasteiger partial charge in [-0.3, -0.25) is 4.79 Å². The molecule has 1 amide bonds. The molecular weight excluding hydrogens is 212 g/mol. The van der Waals surface area contributed by atoms with Crippen LogP contribution < -0.4 is 5.32 Å². The maximum atomic E-state index is 11.8. The summed E-state index contributed by atoms with van der Waals surface area (Å²) in [5.74, 6) is 0.299. The standard InChI is InChI=1S/C14H20N2O/c1-15-13-10-16(11-13)14(17)9-5-8-12-6-3-2-4-7-12/h2-4,6-7,13,15H,5,8-11H2,1H3. The molecule has 1 fully saturated rings. The molecule has 0 unspecified atom stereocenters. The molecule has 1 aromatic rings. The first kappa shape index (κ1) is 12.1. The summed E-state index contributed by atoms with van der Waals surface area (Å²) in [4.78, 5) is 13.7. The molecule has 0 bridgehead atoms. The predicted octanol–water partition coefficient (Wildman–Crippen LogP) is 1.44. The number of hydrogen-bond donors (Lipinski definition) is 1. The number of nitrogens with zero attached hydrogens (tertiary/aromatic N) is 1. The molecule has 1 aliphatic heterocycles. The number of likely N-dealkylation sites (N-methyl/N-ethyl adjacent to an activating group) is 1. The van der Waals surface area contributed by atoms with Crippen molar-refractivity contribution in [2.45, 2.75) is 25.3 Å². The number of nitrogens with one attached hydrogen (secondary N) is 1. The molecule has 1 saturated heterocycles. The lowest BCUT2D eigenvalue weighted by Crippen LogP contribution is -2.58. The minimum atomic E-state index is 0.299. The van der Waals surface area contributed by atoms with Gasteiger partial charge in [0.1, 0.15) is 0 Å². The lowest BCUT2D eigenvalue weighted by atomic mass is 10.1. The number of amides is 1. The van der Waals surface area contributed by atoms with Crippen LogP contribution in [0.2, 0.25) is 0 Å². The molecule has 1 heterocycles. The Balaban J connectivity index is 1.64. The Morgan fingerprint density at radius 2 is 2.06 bits per heavy atom. The van der Waals surface area contributed by atoms with Gasteiger partial charge in [-0.1, -0.05) is 30.3 Å². The van der Waals surface area contributed by atoms with Crippen LogP contribution in [-0.4, -0.2) is 37.0 Å². The quantitative estimate of drug-likeness (QED) is 0.833. The van der Waals surface area contributed by atoms with Crippen molar-refractivity contribution in [1.29, 1.82) is 0 Å². The van der Waals surface area contributed by atoms with Gasteiger partial charge in [0.15, 0.2) is 0 Å². The van der Waals surface area contributed by atoms with Gasteiger partial charge in [-0.05, 0) is 25.5 Å². The van der Waals surface area contributed by atoms with Crippen molar-refractivity contribution in [3.63, 3.8) is 0 Å². The highest BCUT2D eigenvalue weighted by Gasteiger charge is 2.28. The number of rotatable bonds is 5. The van der Waals surface area contributed by atoms with Gasteiger partial charge in [-0.15, -0.1) is 0 Å². The molecule has 3 nitrogen and oxygen atoms in total. The highest BCUT2D eigenvalue weighted by atomic mass is 16.2. The van der Waals surface area contributed by atoms with Gasteiger partial charge in [0.2, 0.25) is 5.91 Å². The van der Waals surface area contributed by atoms with Crippen molar-refractivity contribution in [1.82, 2.24) is 10.2 Å². The molecule has 1 aliphatic rings. The summed E-state index contributed by atoms with van der Waals surface area (Å²) >= 11 is 0. The topological polar surface area (TPSA) is 32.3 Å². The average Bonchev–Trinajstić information content (AvgIpc) is 2.29. The molecule has 92 valence electrons. The van der Waals surface area contributed by atoms with E-state index in [2.05, 4.69) is 17.4 Å². The van der Waals surface area contributed by atoms with Crippen molar-refractivity contribution in [2.24, 2.45) is 0 Å². The molecule has 1 aromatic carbocycles. The monoisotopic (exact) mass is 232 g/mol. The normalized spacial score (nSPS) is 15.7. The number of carbonyl (C=O) groups is 1. The minimum Gasteiger partial charge on any atom is -0.339 e. The Morgan fingerprint density at radius 3 is 2.71 bits per heavy atom. The molecule has 0 spiro atoms. The summed E-state index contributed by atoms with van der Waals surface area (Å²) in [5.41, 5.74) is 1.32. The zero-order valence-corrected chi connectivity index (χ0v) is 10.4. The third kappa shape index (κ3) is 3.30. The SMILES string of the molecule is CNC1CN(C(=O)CCCc2ccccc2)C1. The van der Waals surface area contributed by atoms with E-state index in [4.69, 9.17) is 0 Å². The van der Waals surface area contributed by atoms with Gasteiger partial charge in [-0.2, -0.15) is 0 Å². The van der Waals surface area contributed by atoms with Gasteiger partial charge in [0.25, 0.3) is 0 Å². The molecule has 2 rings (SSSR count). The van der Waals surface area contributed by atoms with Crippen molar-refractivity contribution in [2.75, 3.05) is 20.1 Å². The number of likely N-dealkylation sites (tertiary alicyclic amines) is 1. The highest BCUT2D eigenvalue weighted by Crippen LogP contribution is 2.11. The van der Waals surface area contributed by atoms with E-state index in [9.17, 15) is 4.79 Å². The molecule has 0 saturated carbocycles. The van der Waals surface area contributed by atoms with Crippen molar-refractivity contribution in [3.8, 4) is 0 Å². The molecule has 17 heavy (non-hydrogen) atoms. The largest absolute Gasteiger partial charge is 0.339 e. The molecule has 1 N–H and O–H groups in total. The zero-order chi connectivity index (χ0) is 12.1. The average molecular weight is 232 g/mol. The van der Waals surface area contributed by atoms with E-state index in [1.54, 1.807) is 0 Å². The van der Waals surface area contributed by atoms with Crippen LogP contribution in [0.1, 0.15) is 18.4 Å². The van der Waals surface area contributed by atoms with E-state index in [1.165, 1.54) is 5.56 Å². The van der Waals surface area contributed by atoms with E-state index in [0.29, 0.717) is 18.4 Å². The number of hydrogen-bond acceptors (Lipinski definition) is 2. The maximum Gasteiger partial charge on any atom is 0.222 e. The zero-order valence-electron chi connectivity index (χ0n) is 10.4. The van der Waals surface area contributed by atoms with Gasteiger partial charge in [0.05, 0.1) is 0 Å². The number of aryl methyl sites for hydroxylation is 1. The Bertz CT molecular complexity index is 358. The van der Waals surface area contributed by atoms with E-state index >= 15 is 0 Å². The molecule has 0 atom stereocenters. The summed E-state index contributed by atoms with van der Waals surface area (Å²) < 4.78 is 0. The van der Waals surface area contributed by atoms with Crippen LogP contribution in [0.5, 0.6) is 0 Å². The fourth-order valence-corrected chi connectivity index (χ4v) is 2.11. The van der Waals surface area contributed by atoms with Crippen LogP contribution in [0.15, 0.2) is 30.3 Å². The second-order valence-electron chi connectivity index (χ2n) is 4.62. The lowest BCUT2D eigenvalue weighted by molar-refractivity contribution is -0.136. The summed E-state index contributed by atoms with van der Waals surface area (Å²) in [5, 5.41) is 3.17. The van der Waals surface area contributed by atoms with E-state index < -0.39 is 0 Å². The van der Waals surface area contributed by atoms with Gasteiger partial charge in [-0.25, -0.2) is 0 Å². The molecule has 0 radical (unpaired) electrons. The first-order valence-corrected chi connectivity index (χ1v) is 6.28. The predicted molar refractivity (Wildman–Crippen MR) is 68.8 cm³/mol. The minimum absolute atomic E-state index is 0.299. The molecule has 0 aromatic heterocycles. The molecule has 3 heteroatoms. The van der Waals surface area contributed by atoms with Crippen LogP contribution >= 0.6 is 0 Å². The third-order valence-electron chi connectivity index (χ3n) is 3.34. The fraction of sp³-hybridized carbons (Fsp3) is 0.500. The van der Waals surface area contributed by atoms with Crippen LogP contribution in [0.3, 0.4) is 0 Å². The Labute approximate surface area is 103 Å². The van der Waals surface area contributed by atoms with Crippen LogP contribution in [-0.2, 0) is 11.2 Å². The Hall–Kier alpha value is -1.35. The number of benzene rings is 1. The van der Waals surface area contributed by atoms with Crippen molar-refractivity contribution in [3.05, 3.63) is 35.9 Å². The number of carbonyl (C=O) groups excluding carboxylic acids is 1. The maximum absolute atomic E-state index is 11.8. The van der Waals surface area contributed by atoms with Crippen molar-refractivity contribution < 1.29 is 4.79 Å². The fourth-order valence-electron chi connectivity index (χ4n) is 2.11. The van der Waals surface area contributed by atoms with Crippen molar-refractivity contribution >= 4 is 5.91 Å². The first-order valence-electron chi connectivity index (χ1n) is 6.28. The summed E-state index contributed by atoms with van der Waals surface area (Å²) in [6, 6.07) is 10.9. The lowest BCUT2D eigenvalue weighted by Gasteiger charge is -2.39. The third-order valence-corrected chi connectivity index (χ3v) is 3.34. The van der Waals surface area contributed by atoms with Crippen LogP contribution in [0, 0.1) is 0 Å². The van der Waals surface area contributed by atoms with E-state index in [1.807, 2.05) is 30.1 Å². The van der Waals surface area contributed by atoms with Crippen LogP contribution in [0.4, 0.5) is 0 Å². The summed E-state index contributed by atoms with van der Waals surface area (Å²) in [7, 11) is 1.95. The second-order valence-corrected chi connectivity index (χ2v) is 4.62. The first-order chi connectivity index (χ1) is 8.29. The van der Waals surface area contributed by atoms with Gasteiger partial charge >= 0.3 is 0 Å². The summed E-state index contributed by atoms with van der Waals surface area (Å²) in [6.45, 7) is 1.75. The summed E-state index contributed by atoms with van der Waals surface area (Å²) in [6.07, 6.45) is 2.62. The smallest absolute Gasteiger partial charge is 0.222 e. The Kier molecular flexibility index (Phi) is 4.15. The van der Waals surface area contributed by atoms with Gasteiger partial charge in [0, 0.05) is 25.6 Å². The van der Waals surface area contributed by atoms with E-state index in [-0.39, 0.29) is 0 Å². The highest BCUT2D eigenvalue weighted by molar-refractivity contribution is 5.77. The van der Waals surface area contributed by atoms with Gasteiger partial charge < -0.3 is 10.2 Å². The molecular formula is C14H20N2O. The van der Waals surface area contributed by atoms with E-state index in [0.717, 1.165) is 25.9 Å². The Morgan fingerprint density at radius 1 is 1.35 bits per heavy atom.